The van der Waals surface area contributed by atoms with E-state index < -0.39 is 8.07 Å². The molecule has 0 N–H and O–H groups in total. The molecule has 12 rings (SSSR count). The summed E-state index contributed by atoms with van der Waals surface area (Å²) in [4.78, 5) is 5.04. The SMILES string of the molecule is CC1(C)c2ccccc2N(c2ccc3c(c2)-c2ccc4c(N5c6ccccc6C(C)(C)c6ccccc65)cccc4c2[Si]3(c2ccccc2)c2ccccc2)c2ccccc21. The Hall–Kier alpha value is -6.94. The monoisotopic (exact) mass is 798 g/mol. The van der Waals surface area contributed by atoms with E-state index >= 15 is 0 Å². The summed E-state index contributed by atoms with van der Waals surface area (Å²) < 4.78 is 0. The Kier molecular flexibility index (Phi) is 7.68. The van der Waals surface area contributed by atoms with E-state index in [4.69, 9.17) is 0 Å². The van der Waals surface area contributed by atoms with E-state index in [0.29, 0.717) is 0 Å². The first-order valence-electron chi connectivity index (χ1n) is 21.6. The average molecular weight is 799 g/mol. The number of nitrogens with zero attached hydrogens (tertiary/aromatic N) is 2. The summed E-state index contributed by atoms with van der Waals surface area (Å²) in [5, 5.41) is 8.30. The Morgan fingerprint density at radius 1 is 0.344 bits per heavy atom. The predicted molar refractivity (Wildman–Crippen MR) is 260 cm³/mol. The molecule has 0 aromatic heterocycles. The molecule has 0 radical (unpaired) electrons. The molecule has 3 aliphatic heterocycles. The van der Waals surface area contributed by atoms with Crippen LogP contribution in [0, 0.1) is 0 Å². The standard InChI is InChI=1S/C58H46N2Si/c1-57(2)46-25-11-15-29-51(46)59(52-30-16-12-26-47(52)57)39-34-37-55-45(38-39)44-36-35-42-43(56(44)61(55,40-20-7-5-8-21-40)41-22-9-6-10-23-41)24-19-33-50(42)60-53-31-17-13-27-48(53)58(3,4)49-28-14-18-32-54(49)60/h5-38H,1-4H3. The van der Waals surface area contributed by atoms with Gasteiger partial charge in [0.15, 0.2) is 8.07 Å². The zero-order valence-corrected chi connectivity index (χ0v) is 36.0. The molecule has 3 heteroatoms. The van der Waals surface area contributed by atoms with Gasteiger partial charge in [0.05, 0.1) is 28.4 Å². The van der Waals surface area contributed by atoms with Crippen LogP contribution in [-0.2, 0) is 10.8 Å². The largest absolute Gasteiger partial charge is 0.310 e. The Balaban J connectivity index is 1.16. The first-order chi connectivity index (χ1) is 29.8. The molecular formula is C58H46N2Si. The van der Waals surface area contributed by atoms with Crippen LogP contribution in [0.1, 0.15) is 49.9 Å². The second-order valence-electron chi connectivity index (χ2n) is 18.1. The van der Waals surface area contributed by atoms with Crippen molar-refractivity contribution < 1.29 is 0 Å². The van der Waals surface area contributed by atoms with Gasteiger partial charge in [0.1, 0.15) is 0 Å². The molecule has 0 saturated heterocycles. The summed E-state index contributed by atoms with van der Waals surface area (Å²) in [7, 11) is -2.90. The lowest BCUT2D eigenvalue weighted by Gasteiger charge is -2.42. The first kappa shape index (κ1) is 36.0. The maximum absolute atomic E-state index is 2.90. The summed E-state index contributed by atoms with van der Waals surface area (Å²) in [6, 6.07) is 78.2. The number of para-hydroxylation sites is 4. The van der Waals surface area contributed by atoms with E-state index in [2.05, 4.69) is 244 Å². The molecule has 0 amide bonds. The quantitative estimate of drug-likeness (QED) is 0.164. The van der Waals surface area contributed by atoms with Crippen LogP contribution in [0.15, 0.2) is 206 Å². The van der Waals surface area contributed by atoms with E-state index in [9.17, 15) is 0 Å². The third-order valence-electron chi connectivity index (χ3n) is 14.3. The fourth-order valence-electron chi connectivity index (χ4n) is 11.5. The summed E-state index contributed by atoms with van der Waals surface area (Å²) in [6.45, 7) is 9.46. The lowest BCUT2D eigenvalue weighted by Crippen LogP contribution is -2.73. The molecule has 61 heavy (non-hydrogen) atoms. The van der Waals surface area contributed by atoms with Crippen molar-refractivity contribution >= 4 is 73.7 Å². The molecule has 0 fully saturated rings. The van der Waals surface area contributed by atoms with E-state index in [1.54, 1.807) is 0 Å². The molecule has 0 bridgehead atoms. The second kappa shape index (κ2) is 13.0. The Bertz CT molecular complexity index is 3080. The minimum Gasteiger partial charge on any atom is -0.310 e. The van der Waals surface area contributed by atoms with Gasteiger partial charge in [0.25, 0.3) is 0 Å². The summed E-state index contributed by atoms with van der Waals surface area (Å²) in [5.74, 6) is 0. The molecule has 3 heterocycles. The third kappa shape index (κ3) is 4.84. The van der Waals surface area contributed by atoms with E-state index in [-0.39, 0.29) is 10.8 Å². The van der Waals surface area contributed by atoms with Gasteiger partial charge in [-0.3, -0.25) is 0 Å². The third-order valence-corrected chi connectivity index (χ3v) is 19.2. The highest BCUT2D eigenvalue weighted by molar-refractivity contribution is 7.23. The molecule has 0 spiro atoms. The van der Waals surface area contributed by atoms with Crippen LogP contribution in [0.2, 0.25) is 0 Å². The number of benzene rings is 9. The van der Waals surface area contributed by atoms with Gasteiger partial charge in [0.2, 0.25) is 0 Å². The van der Waals surface area contributed by atoms with Gasteiger partial charge in [0, 0.05) is 21.9 Å². The molecule has 9 aromatic carbocycles. The van der Waals surface area contributed by atoms with Crippen molar-refractivity contribution in [2.75, 3.05) is 9.80 Å². The molecule has 0 atom stereocenters. The molecule has 0 unspecified atom stereocenters. The fourth-order valence-corrected chi connectivity index (χ4v) is 16.9. The van der Waals surface area contributed by atoms with Crippen molar-refractivity contribution in [2.24, 2.45) is 0 Å². The molecule has 0 aliphatic carbocycles. The summed E-state index contributed by atoms with van der Waals surface area (Å²) in [6.07, 6.45) is 0. The highest BCUT2D eigenvalue weighted by atomic mass is 28.3. The van der Waals surface area contributed by atoms with Crippen LogP contribution in [-0.4, -0.2) is 8.07 Å². The summed E-state index contributed by atoms with van der Waals surface area (Å²) >= 11 is 0. The highest BCUT2D eigenvalue weighted by Gasteiger charge is 2.50. The lowest BCUT2D eigenvalue weighted by atomic mass is 9.73. The van der Waals surface area contributed by atoms with Crippen molar-refractivity contribution in [2.45, 2.75) is 38.5 Å². The lowest BCUT2D eigenvalue weighted by molar-refractivity contribution is 0.632. The predicted octanol–water partition coefficient (Wildman–Crippen LogP) is 12.4. The maximum atomic E-state index is 2.53. The van der Waals surface area contributed by atoms with Gasteiger partial charge in [-0.25, -0.2) is 0 Å². The highest BCUT2D eigenvalue weighted by Crippen LogP contribution is 2.54. The zero-order valence-electron chi connectivity index (χ0n) is 35.0. The molecule has 2 nitrogen and oxygen atoms in total. The van der Waals surface area contributed by atoms with Crippen LogP contribution in [0.4, 0.5) is 34.1 Å². The zero-order chi connectivity index (χ0) is 41.1. The van der Waals surface area contributed by atoms with Crippen molar-refractivity contribution in [3.8, 4) is 11.1 Å². The van der Waals surface area contributed by atoms with Crippen molar-refractivity contribution in [3.63, 3.8) is 0 Å². The second-order valence-corrected chi connectivity index (χ2v) is 21.8. The molecule has 0 saturated carbocycles. The Morgan fingerprint density at radius 2 is 0.787 bits per heavy atom. The van der Waals surface area contributed by atoms with Gasteiger partial charge >= 0.3 is 0 Å². The van der Waals surface area contributed by atoms with Gasteiger partial charge in [-0.15, -0.1) is 0 Å². The van der Waals surface area contributed by atoms with Crippen LogP contribution in [0.3, 0.4) is 0 Å². The number of fused-ring (bicyclic) bond motifs is 9. The van der Waals surface area contributed by atoms with Crippen LogP contribution >= 0.6 is 0 Å². The van der Waals surface area contributed by atoms with Crippen LogP contribution in [0.25, 0.3) is 21.9 Å². The van der Waals surface area contributed by atoms with Gasteiger partial charge < -0.3 is 9.80 Å². The van der Waals surface area contributed by atoms with Crippen molar-refractivity contribution in [1.29, 1.82) is 0 Å². The minimum atomic E-state index is -2.90. The molecule has 3 aliphatic rings. The van der Waals surface area contributed by atoms with Crippen LogP contribution in [0.5, 0.6) is 0 Å². The normalized spacial score (nSPS) is 15.9. The number of hydrogen-bond acceptors (Lipinski definition) is 2. The van der Waals surface area contributed by atoms with Gasteiger partial charge in [-0.2, -0.15) is 0 Å². The summed E-state index contributed by atoms with van der Waals surface area (Å²) in [5.41, 5.74) is 15.1. The van der Waals surface area contributed by atoms with E-state index in [1.165, 1.54) is 99.0 Å². The fraction of sp³-hybridized carbons (Fsp3) is 0.103. The van der Waals surface area contributed by atoms with Crippen LogP contribution < -0.4 is 30.5 Å². The number of hydrogen-bond donors (Lipinski definition) is 0. The van der Waals surface area contributed by atoms with E-state index in [1.807, 2.05) is 0 Å². The molecule has 9 aromatic rings. The number of anilines is 6. The van der Waals surface area contributed by atoms with Gasteiger partial charge in [-0.1, -0.05) is 191 Å². The average Bonchev–Trinajstić information content (AvgIpc) is 3.61. The molecule has 292 valence electrons. The number of rotatable bonds is 4. The van der Waals surface area contributed by atoms with Crippen molar-refractivity contribution in [1.82, 2.24) is 0 Å². The Morgan fingerprint density at radius 3 is 1.30 bits per heavy atom. The minimum absolute atomic E-state index is 0.128. The molecular weight excluding hydrogens is 753 g/mol. The Labute approximate surface area is 360 Å². The van der Waals surface area contributed by atoms with E-state index in [0.717, 1.165) is 0 Å². The van der Waals surface area contributed by atoms with Gasteiger partial charge in [-0.05, 0) is 102 Å². The van der Waals surface area contributed by atoms with Crippen molar-refractivity contribution in [3.05, 3.63) is 229 Å². The maximum Gasteiger partial charge on any atom is 0.181 e. The topological polar surface area (TPSA) is 6.48 Å². The smallest absolute Gasteiger partial charge is 0.181 e. The first-order valence-corrected chi connectivity index (χ1v) is 23.6.